The SMILES string of the molecule is COc1ncnc(OC)c1-n1c(NS(=O)(=O)[C@@H](C)[C@H](OC)c2ncc(Cl)cn2)nnc1C1CC[C@@H]1C(F)F. The third-order valence-corrected chi connectivity index (χ3v) is 8.22. The number of ether oxygens (including phenoxy) is 3. The van der Waals surface area contributed by atoms with Crippen molar-refractivity contribution in [2.24, 2.45) is 5.92 Å². The number of anilines is 1. The zero-order valence-corrected chi connectivity index (χ0v) is 22.3. The van der Waals surface area contributed by atoms with Crippen molar-refractivity contribution in [1.82, 2.24) is 34.7 Å². The van der Waals surface area contributed by atoms with Crippen LogP contribution < -0.4 is 14.2 Å². The lowest BCUT2D eigenvalue weighted by Crippen LogP contribution is -2.34. The lowest BCUT2D eigenvalue weighted by atomic mass is 9.73. The number of aromatic nitrogens is 7. The van der Waals surface area contributed by atoms with E-state index in [4.69, 9.17) is 25.8 Å². The van der Waals surface area contributed by atoms with Gasteiger partial charge in [0.15, 0.2) is 11.5 Å². The van der Waals surface area contributed by atoms with E-state index in [1.807, 2.05) is 0 Å². The van der Waals surface area contributed by atoms with E-state index in [1.165, 1.54) is 51.5 Å². The highest BCUT2D eigenvalue weighted by atomic mass is 35.5. The molecule has 4 atom stereocenters. The summed E-state index contributed by atoms with van der Waals surface area (Å²) in [5.41, 5.74) is 0.0482. The molecule has 1 aliphatic rings. The van der Waals surface area contributed by atoms with Gasteiger partial charge in [0.05, 0.1) is 19.2 Å². The molecule has 3 aromatic heterocycles. The van der Waals surface area contributed by atoms with Crippen LogP contribution in [0.1, 0.15) is 43.4 Å². The molecule has 1 fully saturated rings. The molecular formula is C21H25ClF2N8O5S. The summed E-state index contributed by atoms with van der Waals surface area (Å²) < 4.78 is 74.0. The number of methoxy groups -OCH3 is 3. The van der Waals surface area contributed by atoms with E-state index in [0.29, 0.717) is 6.42 Å². The first kappa shape index (κ1) is 27.8. The molecule has 0 radical (unpaired) electrons. The van der Waals surface area contributed by atoms with Gasteiger partial charge in [-0.3, -0.25) is 9.29 Å². The van der Waals surface area contributed by atoms with E-state index < -0.39 is 39.6 Å². The van der Waals surface area contributed by atoms with Gasteiger partial charge in [0, 0.05) is 31.3 Å². The van der Waals surface area contributed by atoms with Crippen molar-refractivity contribution in [3.8, 4) is 17.4 Å². The molecule has 17 heteroatoms. The molecule has 3 heterocycles. The third-order valence-electron chi connectivity index (χ3n) is 6.33. The van der Waals surface area contributed by atoms with E-state index in [2.05, 4.69) is 34.9 Å². The topological polar surface area (TPSA) is 156 Å². The Morgan fingerprint density at radius 3 is 2.18 bits per heavy atom. The predicted octanol–water partition coefficient (Wildman–Crippen LogP) is 2.79. The molecule has 206 valence electrons. The molecule has 38 heavy (non-hydrogen) atoms. The molecule has 0 aliphatic heterocycles. The number of nitrogens with zero attached hydrogens (tertiary/aromatic N) is 7. The second-order valence-electron chi connectivity index (χ2n) is 8.41. The van der Waals surface area contributed by atoms with E-state index in [1.54, 1.807) is 0 Å². The maximum Gasteiger partial charge on any atom is 0.245 e. The van der Waals surface area contributed by atoms with Gasteiger partial charge in [-0.25, -0.2) is 27.2 Å². The predicted molar refractivity (Wildman–Crippen MR) is 130 cm³/mol. The lowest BCUT2D eigenvalue weighted by Gasteiger charge is -2.35. The number of halogens is 3. The molecule has 4 rings (SSSR count). The smallest absolute Gasteiger partial charge is 0.245 e. The molecule has 1 saturated carbocycles. The number of hydrogen-bond donors (Lipinski definition) is 1. The quantitative estimate of drug-likeness (QED) is 0.359. The first-order valence-corrected chi connectivity index (χ1v) is 13.2. The standard InChI is InChI=1S/C21H25ClF2N8O5S/c1-10(15(35-2)17-25-7-11(22)8-26-17)38(33,34)31-21-30-29-18(13-6-5-12(13)16(23)24)32(21)14-19(36-3)27-9-28-20(14)37-4/h7-10,12-13,15-16H,5-6H2,1-4H3,(H,30,31)/t10-,12-,13?,15-/m0/s1. The number of hydrogen-bond acceptors (Lipinski definition) is 11. The minimum absolute atomic E-state index is 0.0105. The zero-order valence-electron chi connectivity index (χ0n) is 20.7. The van der Waals surface area contributed by atoms with Gasteiger partial charge >= 0.3 is 0 Å². The average molecular weight is 575 g/mol. The van der Waals surface area contributed by atoms with Crippen molar-refractivity contribution in [2.45, 2.75) is 43.5 Å². The van der Waals surface area contributed by atoms with Crippen LogP contribution in [0.25, 0.3) is 5.69 Å². The van der Waals surface area contributed by atoms with Crippen LogP contribution in [0.5, 0.6) is 11.8 Å². The molecule has 3 aromatic rings. The van der Waals surface area contributed by atoms with Crippen LogP contribution >= 0.6 is 11.6 Å². The Hall–Kier alpha value is -3.24. The lowest BCUT2D eigenvalue weighted by molar-refractivity contribution is 0.0139. The maximum absolute atomic E-state index is 13.7. The number of sulfonamides is 1. The second-order valence-corrected chi connectivity index (χ2v) is 10.9. The van der Waals surface area contributed by atoms with E-state index in [9.17, 15) is 17.2 Å². The fourth-order valence-electron chi connectivity index (χ4n) is 4.17. The van der Waals surface area contributed by atoms with Crippen molar-refractivity contribution in [1.29, 1.82) is 0 Å². The van der Waals surface area contributed by atoms with Gasteiger partial charge in [-0.05, 0) is 19.8 Å². The number of rotatable bonds is 11. The van der Waals surface area contributed by atoms with Gasteiger partial charge in [0.2, 0.25) is 34.2 Å². The van der Waals surface area contributed by atoms with Gasteiger partial charge in [-0.1, -0.05) is 11.6 Å². The van der Waals surface area contributed by atoms with Crippen LogP contribution in [-0.4, -0.2) is 76.1 Å². The van der Waals surface area contributed by atoms with Gasteiger partial charge in [0.1, 0.15) is 23.5 Å². The molecule has 0 aromatic carbocycles. The largest absolute Gasteiger partial charge is 0.479 e. The summed E-state index contributed by atoms with van der Waals surface area (Å²) in [5, 5.41) is 7.12. The Balaban J connectivity index is 1.79. The van der Waals surface area contributed by atoms with Crippen molar-refractivity contribution in [2.75, 3.05) is 26.1 Å². The fourth-order valence-corrected chi connectivity index (χ4v) is 5.40. The summed E-state index contributed by atoms with van der Waals surface area (Å²) in [4.78, 5) is 16.2. The Labute approximate surface area is 222 Å². The minimum Gasteiger partial charge on any atom is -0.479 e. The molecule has 13 nitrogen and oxygen atoms in total. The number of alkyl halides is 2. The van der Waals surface area contributed by atoms with Gasteiger partial charge < -0.3 is 14.2 Å². The highest BCUT2D eigenvalue weighted by Crippen LogP contribution is 2.47. The maximum atomic E-state index is 13.7. The highest BCUT2D eigenvalue weighted by molar-refractivity contribution is 7.93. The molecule has 0 amide bonds. The monoisotopic (exact) mass is 574 g/mol. The van der Waals surface area contributed by atoms with Crippen LogP contribution in [0.3, 0.4) is 0 Å². The molecule has 0 saturated heterocycles. The first-order chi connectivity index (χ1) is 18.1. The first-order valence-electron chi connectivity index (χ1n) is 11.3. The third kappa shape index (κ3) is 5.19. The Kier molecular flexibility index (Phi) is 8.22. The van der Waals surface area contributed by atoms with Crippen LogP contribution in [0, 0.1) is 5.92 Å². The zero-order chi connectivity index (χ0) is 27.6. The number of nitrogens with one attached hydrogen (secondary N) is 1. The van der Waals surface area contributed by atoms with Gasteiger partial charge in [-0.2, -0.15) is 9.97 Å². The van der Waals surface area contributed by atoms with Crippen molar-refractivity contribution in [3.63, 3.8) is 0 Å². The van der Waals surface area contributed by atoms with E-state index >= 15 is 0 Å². The van der Waals surface area contributed by atoms with E-state index in [-0.39, 0.29) is 46.5 Å². The summed E-state index contributed by atoms with van der Waals surface area (Å²) in [6.45, 7) is 1.39. The fraction of sp³-hybridized carbons (Fsp3) is 0.524. The molecule has 0 spiro atoms. The van der Waals surface area contributed by atoms with Crippen LogP contribution in [0.15, 0.2) is 18.7 Å². The van der Waals surface area contributed by atoms with Crippen molar-refractivity contribution >= 4 is 27.6 Å². The molecule has 1 N–H and O–H groups in total. The summed E-state index contributed by atoms with van der Waals surface area (Å²) in [5.74, 6) is -1.84. The average Bonchev–Trinajstić information content (AvgIpc) is 3.25. The minimum atomic E-state index is -4.27. The second kappa shape index (κ2) is 11.2. The summed E-state index contributed by atoms with van der Waals surface area (Å²) in [6, 6.07) is 0. The molecule has 0 bridgehead atoms. The Morgan fingerprint density at radius 1 is 1.05 bits per heavy atom. The molecule has 1 unspecified atom stereocenters. The summed E-state index contributed by atoms with van der Waals surface area (Å²) in [7, 11) is -0.282. The van der Waals surface area contributed by atoms with Gasteiger partial charge in [0.25, 0.3) is 0 Å². The van der Waals surface area contributed by atoms with E-state index in [0.717, 1.165) is 0 Å². The van der Waals surface area contributed by atoms with Crippen LogP contribution in [0.4, 0.5) is 14.7 Å². The Morgan fingerprint density at radius 2 is 1.68 bits per heavy atom. The molecule has 1 aliphatic carbocycles. The summed E-state index contributed by atoms with van der Waals surface area (Å²) >= 11 is 5.84. The van der Waals surface area contributed by atoms with Gasteiger partial charge in [-0.15, -0.1) is 10.2 Å². The molecular weight excluding hydrogens is 550 g/mol. The highest BCUT2D eigenvalue weighted by Gasteiger charge is 2.43. The van der Waals surface area contributed by atoms with Crippen molar-refractivity contribution in [3.05, 3.63) is 35.4 Å². The van der Waals surface area contributed by atoms with Crippen LogP contribution in [-0.2, 0) is 14.8 Å². The normalized spacial score (nSPS) is 19.1. The van der Waals surface area contributed by atoms with Crippen LogP contribution in [0.2, 0.25) is 5.02 Å². The summed E-state index contributed by atoms with van der Waals surface area (Å²) in [6.07, 6.45) is 0.807. The Bertz CT molecular complexity index is 1360. The van der Waals surface area contributed by atoms with Crippen molar-refractivity contribution < 1.29 is 31.4 Å².